The summed E-state index contributed by atoms with van der Waals surface area (Å²) in [6.45, 7) is 5.50. The Morgan fingerprint density at radius 2 is 2.00 bits per heavy atom. The summed E-state index contributed by atoms with van der Waals surface area (Å²) in [4.78, 5) is 0.307. The van der Waals surface area contributed by atoms with Crippen LogP contribution in [0.3, 0.4) is 0 Å². The lowest BCUT2D eigenvalue weighted by molar-refractivity contribution is 0.279. The van der Waals surface area contributed by atoms with Gasteiger partial charge in [-0.3, -0.25) is 0 Å². The molecule has 0 aliphatic carbocycles. The van der Waals surface area contributed by atoms with Crippen LogP contribution in [0, 0.1) is 5.41 Å². The lowest BCUT2D eigenvalue weighted by Gasteiger charge is -2.26. The van der Waals surface area contributed by atoms with Crippen molar-refractivity contribution in [1.29, 1.82) is 0 Å². The van der Waals surface area contributed by atoms with Crippen LogP contribution in [-0.4, -0.2) is 25.8 Å². The number of nitrogens with two attached hydrogens (primary N) is 1. The largest absolute Gasteiger partial charge is 0.398 e. The highest BCUT2D eigenvalue weighted by Crippen LogP contribution is 2.39. The van der Waals surface area contributed by atoms with Crippen LogP contribution in [0.2, 0.25) is 0 Å². The number of nitrogens with zero attached hydrogens (tertiary/aromatic N) is 1. The van der Waals surface area contributed by atoms with Gasteiger partial charge in [0.15, 0.2) is 0 Å². The minimum atomic E-state index is -3.42. The molecule has 0 atom stereocenters. The predicted octanol–water partition coefficient (Wildman–Crippen LogP) is 3.23. The van der Waals surface area contributed by atoms with Crippen molar-refractivity contribution < 1.29 is 8.42 Å². The van der Waals surface area contributed by atoms with Crippen LogP contribution >= 0.6 is 15.9 Å². The number of benzene rings is 1. The van der Waals surface area contributed by atoms with Gasteiger partial charge < -0.3 is 5.73 Å². The van der Waals surface area contributed by atoms with Gasteiger partial charge in [0.1, 0.15) is 0 Å². The van der Waals surface area contributed by atoms with E-state index >= 15 is 0 Å². The molecule has 4 nitrogen and oxygen atoms in total. The van der Waals surface area contributed by atoms with E-state index in [0.717, 1.165) is 19.3 Å². The first-order valence-corrected chi connectivity index (χ1v) is 9.13. The summed E-state index contributed by atoms with van der Waals surface area (Å²) in [5.41, 5.74) is 6.40. The van der Waals surface area contributed by atoms with Gasteiger partial charge in [-0.05, 0) is 58.8 Å². The molecule has 112 valence electrons. The maximum atomic E-state index is 12.7. The summed E-state index contributed by atoms with van der Waals surface area (Å²) >= 11 is 3.29. The van der Waals surface area contributed by atoms with Crippen LogP contribution in [0.1, 0.15) is 33.1 Å². The van der Waals surface area contributed by atoms with Crippen molar-refractivity contribution in [2.24, 2.45) is 5.41 Å². The minimum Gasteiger partial charge on any atom is -0.398 e. The van der Waals surface area contributed by atoms with Crippen LogP contribution in [-0.2, 0) is 10.0 Å². The molecule has 20 heavy (non-hydrogen) atoms. The molecule has 0 aromatic heterocycles. The minimum absolute atomic E-state index is 0.137. The molecule has 0 unspecified atom stereocenters. The quantitative estimate of drug-likeness (QED) is 0.838. The third kappa shape index (κ3) is 2.73. The Morgan fingerprint density at radius 1 is 1.35 bits per heavy atom. The van der Waals surface area contributed by atoms with Gasteiger partial charge in [-0.1, -0.05) is 13.8 Å². The van der Waals surface area contributed by atoms with Gasteiger partial charge in [-0.15, -0.1) is 0 Å². The van der Waals surface area contributed by atoms with E-state index in [1.807, 2.05) is 0 Å². The fourth-order valence-electron chi connectivity index (χ4n) is 2.74. The second-order valence-corrected chi connectivity index (χ2v) is 8.27. The molecule has 0 saturated carbocycles. The van der Waals surface area contributed by atoms with E-state index in [2.05, 4.69) is 29.8 Å². The molecule has 1 saturated heterocycles. The van der Waals surface area contributed by atoms with E-state index in [0.29, 0.717) is 28.1 Å². The number of nitrogen functional groups attached to an aromatic ring is 1. The summed E-state index contributed by atoms with van der Waals surface area (Å²) < 4.78 is 27.6. The van der Waals surface area contributed by atoms with Gasteiger partial charge in [0.25, 0.3) is 0 Å². The maximum absolute atomic E-state index is 12.7. The molecule has 1 aliphatic rings. The third-order valence-electron chi connectivity index (χ3n) is 4.51. The molecule has 2 N–H and O–H groups in total. The first-order valence-electron chi connectivity index (χ1n) is 6.90. The number of hydrogen-bond donors (Lipinski definition) is 1. The number of sulfonamides is 1. The van der Waals surface area contributed by atoms with Gasteiger partial charge in [0.2, 0.25) is 10.0 Å². The Bertz CT molecular complexity index is 597. The predicted molar refractivity (Wildman–Crippen MR) is 84.9 cm³/mol. The molecule has 0 radical (unpaired) electrons. The third-order valence-corrected chi connectivity index (χ3v) is 7.04. The molecule has 0 spiro atoms. The maximum Gasteiger partial charge on any atom is 0.243 e. The van der Waals surface area contributed by atoms with E-state index < -0.39 is 10.0 Å². The van der Waals surface area contributed by atoms with Gasteiger partial charge in [0.05, 0.1) is 4.90 Å². The highest BCUT2D eigenvalue weighted by Gasteiger charge is 2.40. The van der Waals surface area contributed by atoms with Gasteiger partial charge >= 0.3 is 0 Å². The smallest absolute Gasteiger partial charge is 0.243 e. The van der Waals surface area contributed by atoms with Gasteiger partial charge in [-0.25, -0.2) is 8.42 Å². The molecular weight excluding hydrogens is 340 g/mol. The average molecular weight is 361 g/mol. The van der Waals surface area contributed by atoms with E-state index in [1.165, 1.54) is 0 Å². The molecule has 2 rings (SSSR count). The van der Waals surface area contributed by atoms with Crippen molar-refractivity contribution in [2.75, 3.05) is 18.8 Å². The van der Waals surface area contributed by atoms with E-state index in [9.17, 15) is 8.42 Å². The number of hydrogen-bond acceptors (Lipinski definition) is 3. The molecule has 1 aliphatic heterocycles. The van der Waals surface area contributed by atoms with Crippen LogP contribution in [0.15, 0.2) is 27.6 Å². The van der Waals surface area contributed by atoms with Crippen molar-refractivity contribution in [3.8, 4) is 0 Å². The summed E-state index contributed by atoms with van der Waals surface area (Å²) in [7, 11) is -3.42. The summed E-state index contributed by atoms with van der Waals surface area (Å²) in [6, 6.07) is 4.79. The molecule has 1 aromatic rings. The van der Waals surface area contributed by atoms with Crippen LogP contribution in [0.5, 0.6) is 0 Å². The first-order chi connectivity index (χ1) is 9.34. The van der Waals surface area contributed by atoms with Crippen LogP contribution < -0.4 is 5.73 Å². The molecule has 0 amide bonds. The average Bonchev–Trinajstić information content (AvgIpc) is 2.87. The second kappa shape index (κ2) is 5.66. The Labute approximate surface area is 129 Å². The fraction of sp³-hybridized carbons (Fsp3) is 0.571. The lowest BCUT2D eigenvalue weighted by atomic mass is 9.82. The highest BCUT2D eigenvalue weighted by atomic mass is 79.9. The fourth-order valence-corrected chi connectivity index (χ4v) is 4.85. The van der Waals surface area contributed by atoms with Crippen molar-refractivity contribution in [3.05, 3.63) is 22.7 Å². The SMILES string of the molecule is CCC1(CC)CCN(S(=O)(=O)c2ccc(N)c(Br)c2)C1. The zero-order valence-corrected chi connectivity index (χ0v) is 14.3. The molecule has 1 heterocycles. The molecule has 6 heteroatoms. The Morgan fingerprint density at radius 3 is 2.50 bits per heavy atom. The standard InChI is InChI=1S/C14H21BrN2O2S/c1-3-14(4-2)7-8-17(10-14)20(18,19)11-5-6-13(16)12(15)9-11/h5-6,9H,3-4,7-8,10,16H2,1-2H3. The Hall–Kier alpha value is -0.590. The second-order valence-electron chi connectivity index (χ2n) is 5.48. The molecule has 1 aromatic carbocycles. The van der Waals surface area contributed by atoms with Crippen molar-refractivity contribution >= 4 is 31.6 Å². The van der Waals surface area contributed by atoms with Crippen molar-refractivity contribution in [2.45, 2.75) is 38.0 Å². The van der Waals surface area contributed by atoms with E-state index in [1.54, 1.807) is 22.5 Å². The topological polar surface area (TPSA) is 63.4 Å². The zero-order chi connectivity index (χ0) is 15.0. The molecule has 0 bridgehead atoms. The Balaban J connectivity index is 2.30. The van der Waals surface area contributed by atoms with E-state index in [4.69, 9.17) is 5.73 Å². The van der Waals surface area contributed by atoms with Gasteiger partial charge in [0, 0.05) is 23.2 Å². The Kier molecular flexibility index (Phi) is 4.47. The van der Waals surface area contributed by atoms with Crippen LogP contribution in [0.4, 0.5) is 5.69 Å². The van der Waals surface area contributed by atoms with Gasteiger partial charge in [-0.2, -0.15) is 4.31 Å². The van der Waals surface area contributed by atoms with Crippen molar-refractivity contribution in [3.63, 3.8) is 0 Å². The molecule has 1 fully saturated rings. The number of rotatable bonds is 4. The normalized spacial score (nSPS) is 19.4. The monoisotopic (exact) mass is 360 g/mol. The van der Waals surface area contributed by atoms with E-state index in [-0.39, 0.29) is 5.41 Å². The van der Waals surface area contributed by atoms with Crippen LogP contribution in [0.25, 0.3) is 0 Å². The summed E-state index contributed by atoms with van der Waals surface area (Å²) in [6.07, 6.45) is 2.97. The molecular formula is C14H21BrN2O2S. The van der Waals surface area contributed by atoms with Crippen molar-refractivity contribution in [1.82, 2.24) is 4.31 Å². The first kappa shape index (κ1) is 15.8. The number of halogens is 1. The summed E-state index contributed by atoms with van der Waals surface area (Å²) in [5.74, 6) is 0. The summed E-state index contributed by atoms with van der Waals surface area (Å²) in [5, 5.41) is 0. The lowest BCUT2D eigenvalue weighted by Crippen LogP contribution is -2.31. The number of anilines is 1. The highest BCUT2D eigenvalue weighted by molar-refractivity contribution is 9.10. The zero-order valence-electron chi connectivity index (χ0n) is 11.9.